The van der Waals surface area contributed by atoms with Gasteiger partial charge in [0.1, 0.15) is 0 Å². The molecule has 1 nitrogen and oxygen atoms in total. The molecule has 0 amide bonds. The van der Waals surface area contributed by atoms with Crippen LogP contribution in [-0.4, -0.2) is 9.89 Å². The topological polar surface area (TPSA) is 12.0 Å². The summed E-state index contributed by atoms with van der Waals surface area (Å²) in [5.74, 6) is 0. The first-order chi connectivity index (χ1) is 6.06. The molecule has 1 fully saturated rings. The van der Waals surface area contributed by atoms with Crippen LogP contribution in [-0.2, 0) is 19.2 Å². The number of hydrogen-bond acceptors (Lipinski definition) is 1. The maximum absolute atomic E-state index is 3.71. The minimum absolute atomic E-state index is 0. The van der Waals surface area contributed by atoms with Crippen LogP contribution in [0, 0.1) is 0 Å². The van der Waals surface area contributed by atoms with Gasteiger partial charge in [-0.15, -0.1) is 0 Å². The van der Waals surface area contributed by atoms with Crippen molar-refractivity contribution in [3.05, 3.63) is 23.8 Å². The molecule has 15 heavy (non-hydrogen) atoms. The number of hydrogen-bond donors (Lipinski definition) is 1. The van der Waals surface area contributed by atoms with Gasteiger partial charge in [-0.05, 0) is 0 Å². The molecule has 2 atom stereocenters. The molecule has 2 unspecified atom stereocenters. The van der Waals surface area contributed by atoms with Crippen molar-refractivity contribution in [2.24, 2.45) is 0 Å². The van der Waals surface area contributed by atoms with Gasteiger partial charge in [0.25, 0.3) is 0 Å². The Kier molecular flexibility index (Phi) is 6.17. The Balaban J connectivity index is 0.000000980. The van der Waals surface area contributed by atoms with Gasteiger partial charge >= 0.3 is 89.6 Å². The molecule has 2 aliphatic rings. The van der Waals surface area contributed by atoms with Crippen LogP contribution in [0.1, 0.15) is 27.2 Å². The third kappa shape index (κ3) is 4.62. The predicted molar refractivity (Wildman–Crippen MR) is 52.3 cm³/mol. The SMILES string of the molecule is CC(C)(C)N[CH]1[Ti+2][CH]1C1=CC=CC1.[Cl-].[Cl-]. The summed E-state index contributed by atoms with van der Waals surface area (Å²) in [5, 5.41) is 3.71. The van der Waals surface area contributed by atoms with Crippen molar-refractivity contribution in [3.63, 3.8) is 0 Å². The number of rotatable bonds is 2. The van der Waals surface area contributed by atoms with E-state index in [2.05, 4.69) is 44.3 Å². The zero-order valence-corrected chi connectivity index (χ0v) is 12.4. The Morgan fingerprint density at radius 2 is 2.00 bits per heavy atom. The van der Waals surface area contributed by atoms with Crippen molar-refractivity contribution in [3.8, 4) is 0 Å². The Hall–Kier alpha value is 0.734. The van der Waals surface area contributed by atoms with E-state index in [9.17, 15) is 0 Å². The molecule has 1 aliphatic carbocycles. The van der Waals surface area contributed by atoms with E-state index in [1.807, 2.05) is 0 Å². The molecule has 0 spiro atoms. The molecule has 4 heteroatoms. The maximum atomic E-state index is 3.71. The molecule has 1 aliphatic heterocycles. The molecular weight excluding hydrogens is 265 g/mol. The Morgan fingerprint density at radius 1 is 1.33 bits per heavy atom. The van der Waals surface area contributed by atoms with Crippen LogP contribution in [0.2, 0.25) is 4.22 Å². The zero-order valence-electron chi connectivity index (χ0n) is 9.35. The fraction of sp³-hybridized carbons (Fsp3) is 0.636. The molecule has 2 rings (SSSR count). The van der Waals surface area contributed by atoms with E-state index >= 15 is 0 Å². The van der Waals surface area contributed by atoms with Crippen LogP contribution in [0.25, 0.3) is 0 Å². The van der Waals surface area contributed by atoms with Crippen molar-refractivity contribution in [2.45, 2.75) is 41.3 Å². The molecule has 1 saturated heterocycles. The third-order valence-electron chi connectivity index (χ3n) is 2.37. The largest absolute Gasteiger partial charge is 1.00 e. The van der Waals surface area contributed by atoms with E-state index in [-0.39, 0.29) is 44.0 Å². The van der Waals surface area contributed by atoms with Gasteiger partial charge in [0, 0.05) is 0 Å². The van der Waals surface area contributed by atoms with Gasteiger partial charge in [0.2, 0.25) is 0 Å². The molecule has 1 heterocycles. The smallest absolute Gasteiger partial charge is 1.00 e. The summed E-state index contributed by atoms with van der Waals surface area (Å²) in [6, 6.07) is 0. The molecular formula is C11H17Cl2NTi. The van der Waals surface area contributed by atoms with Crippen LogP contribution in [0.3, 0.4) is 0 Å². The second-order valence-corrected chi connectivity index (χ2v) is 7.35. The summed E-state index contributed by atoms with van der Waals surface area (Å²) in [6.07, 6.45) is 8.01. The molecule has 0 radical (unpaired) electrons. The normalized spacial score (nSPS) is 26.7. The Bertz CT molecular complexity index is 268. The fourth-order valence-electron chi connectivity index (χ4n) is 1.74. The summed E-state index contributed by atoms with van der Waals surface area (Å²) in [6.45, 7) is 6.78. The van der Waals surface area contributed by atoms with Gasteiger partial charge in [0.15, 0.2) is 0 Å². The average molecular weight is 282 g/mol. The minimum Gasteiger partial charge on any atom is -1.00 e. The maximum Gasteiger partial charge on any atom is -1.00 e. The van der Waals surface area contributed by atoms with E-state index in [0.717, 1.165) is 8.57 Å². The molecule has 0 bridgehead atoms. The summed E-state index contributed by atoms with van der Waals surface area (Å²) >= 11 is 0.283. The van der Waals surface area contributed by atoms with Gasteiger partial charge in [-0.2, -0.15) is 0 Å². The van der Waals surface area contributed by atoms with Crippen molar-refractivity contribution in [1.29, 1.82) is 0 Å². The summed E-state index contributed by atoms with van der Waals surface area (Å²) in [5.41, 5.74) is 1.98. The summed E-state index contributed by atoms with van der Waals surface area (Å²) in [4.78, 5) is 0. The van der Waals surface area contributed by atoms with Crippen molar-refractivity contribution in [2.75, 3.05) is 0 Å². The number of allylic oxidation sites excluding steroid dienone is 3. The second kappa shape index (κ2) is 5.88. The zero-order chi connectivity index (χ0) is 9.47. The van der Waals surface area contributed by atoms with E-state index in [1.54, 1.807) is 5.57 Å². The van der Waals surface area contributed by atoms with E-state index in [0.29, 0.717) is 5.54 Å². The monoisotopic (exact) mass is 281 g/mol. The minimum atomic E-state index is 0. The molecule has 0 aromatic carbocycles. The molecule has 84 valence electrons. The van der Waals surface area contributed by atoms with Crippen molar-refractivity contribution < 1.29 is 44.0 Å². The summed E-state index contributed by atoms with van der Waals surface area (Å²) in [7, 11) is 0. The molecule has 0 aromatic heterocycles. The standard InChI is InChI=1S/C11H17N.2ClH.Ti/c1-11(2,3)12-9-8-10-6-4-5-7-10;;;/h4-6,8-9,12H,7H2,1-3H3;2*1H;/q;;;+2/p-2. The van der Waals surface area contributed by atoms with Crippen molar-refractivity contribution >= 4 is 0 Å². The van der Waals surface area contributed by atoms with Crippen LogP contribution in [0.4, 0.5) is 0 Å². The molecule has 0 saturated carbocycles. The van der Waals surface area contributed by atoms with E-state index in [1.165, 1.54) is 6.42 Å². The third-order valence-corrected chi connectivity index (χ3v) is 4.74. The van der Waals surface area contributed by atoms with Gasteiger partial charge in [-0.3, -0.25) is 0 Å². The number of halogens is 2. The van der Waals surface area contributed by atoms with Gasteiger partial charge in [-0.1, -0.05) is 0 Å². The quantitative estimate of drug-likeness (QED) is 0.518. The van der Waals surface area contributed by atoms with Crippen LogP contribution < -0.4 is 30.1 Å². The Labute approximate surface area is 114 Å². The van der Waals surface area contributed by atoms with Gasteiger partial charge < -0.3 is 24.8 Å². The van der Waals surface area contributed by atoms with Crippen LogP contribution >= 0.6 is 0 Å². The summed E-state index contributed by atoms with van der Waals surface area (Å²) < 4.78 is 1.82. The van der Waals surface area contributed by atoms with Crippen LogP contribution in [0.5, 0.6) is 0 Å². The first-order valence-electron chi connectivity index (χ1n) is 4.96. The first-order valence-corrected chi connectivity index (χ1v) is 6.76. The Morgan fingerprint density at radius 3 is 2.47 bits per heavy atom. The van der Waals surface area contributed by atoms with Crippen LogP contribution in [0.15, 0.2) is 23.8 Å². The first kappa shape index (κ1) is 15.7. The van der Waals surface area contributed by atoms with E-state index in [4.69, 9.17) is 0 Å². The van der Waals surface area contributed by atoms with Gasteiger partial charge in [0.05, 0.1) is 0 Å². The number of nitrogens with one attached hydrogen (secondary N) is 1. The fourth-order valence-corrected chi connectivity index (χ4v) is 4.11. The van der Waals surface area contributed by atoms with E-state index < -0.39 is 0 Å². The second-order valence-electron chi connectivity index (χ2n) is 4.89. The molecule has 0 aromatic rings. The van der Waals surface area contributed by atoms with Gasteiger partial charge in [-0.25, -0.2) is 0 Å². The predicted octanol–water partition coefficient (Wildman–Crippen LogP) is -3.52. The average Bonchev–Trinajstić information content (AvgIpc) is 2.58. The molecule has 1 N–H and O–H groups in total. The van der Waals surface area contributed by atoms with Crippen molar-refractivity contribution in [1.82, 2.24) is 5.32 Å².